The Morgan fingerprint density at radius 1 is 1.55 bits per heavy atom. The monoisotopic (exact) mass is 297 g/mol. The van der Waals surface area contributed by atoms with Gasteiger partial charge in [0.2, 0.25) is 0 Å². The summed E-state index contributed by atoms with van der Waals surface area (Å²) in [5, 5.41) is 9.36. The first kappa shape index (κ1) is 15.3. The molecule has 1 aromatic rings. The summed E-state index contributed by atoms with van der Waals surface area (Å²) < 4.78 is 5.31. The molecule has 6 heteroatoms. The van der Waals surface area contributed by atoms with Crippen molar-refractivity contribution in [3.05, 3.63) is 16.6 Å². The number of thiazole rings is 1. The van der Waals surface area contributed by atoms with Crippen LogP contribution in [0, 0.1) is 5.92 Å². The zero-order valence-electron chi connectivity index (χ0n) is 12.3. The van der Waals surface area contributed by atoms with Crippen molar-refractivity contribution in [1.82, 2.24) is 15.6 Å². The van der Waals surface area contributed by atoms with Gasteiger partial charge in [0, 0.05) is 30.7 Å². The number of alkyl carbamates (subject to hydrolysis) is 1. The highest BCUT2D eigenvalue weighted by molar-refractivity contribution is 7.09. The summed E-state index contributed by atoms with van der Waals surface area (Å²) in [5.41, 5.74) is -0.452. The Kier molecular flexibility index (Phi) is 4.99. The molecule has 5 nitrogen and oxygen atoms in total. The van der Waals surface area contributed by atoms with Gasteiger partial charge in [0.05, 0.1) is 0 Å². The van der Waals surface area contributed by atoms with Crippen LogP contribution >= 0.6 is 11.3 Å². The Balaban J connectivity index is 1.74. The third kappa shape index (κ3) is 5.46. The van der Waals surface area contributed by atoms with Crippen LogP contribution in [-0.2, 0) is 11.3 Å². The summed E-state index contributed by atoms with van der Waals surface area (Å²) in [4.78, 5) is 16.0. The highest BCUT2D eigenvalue weighted by Crippen LogP contribution is 2.32. The Morgan fingerprint density at radius 3 is 2.85 bits per heavy atom. The van der Waals surface area contributed by atoms with E-state index in [2.05, 4.69) is 15.6 Å². The highest BCUT2D eigenvalue weighted by atomic mass is 32.1. The van der Waals surface area contributed by atoms with Crippen LogP contribution < -0.4 is 10.6 Å². The van der Waals surface area contributed by atoms with Gasteiger partial charge >= 0.3 is 6.09 Å². The van der Waals surface area contributed by atoms with Gasteiger partial charge in [-0.1, -0.05) is 0 Å². The van der Waals surface area contributed by atoms with Gasteiger partial charge in [0.1, 0.15) is 10.6 Å². The molecule has 1 aliphatic rings. The van der Waals surface area contributed by atoms with Gasteiger partial charge < -0.3 is 15.4 Å². The zero-order valence-corrected chi connectivity index (χ0v) is 13.1. The van der Waals surface area contributed by atoms with Gasteiger partial charge in [-0.05, 0) is 39.5 Å². The Labute approximate surface area is 124 Å². The van der Waals surface area contributed by atoms with Crippen LogP contribution in [0.5, 0.6) is 0 Å². The lowest BCUT2D eigenvalue weighted by Gasteiger charge is -2.23. The van der Waals surface area contributed by atoms with Crippen LogP contribution in [0.1, 0.15) is 38.6 Å². The Morgan fingerprint density at radius 2 is 2.30 bits per heavy atom. The maximum atomic E-state index is 11.8. The minimum atomic E-state index is -0.452. The molecule has 0 radical (unpaired) electrons. The van der Waals surface area contributed by atoms with Gasteiger partial charge in [-0.15, -0.1) is 11.3 Å². The molecule has 1 amide bonds. The van der Waals surface area contributed by atoms with E-state index in [1.165, 1.54) is 12.8 Å². The molecule has 20 heavy (non-hydrogen) atoms. The van der Waals surface area contributed by atoms with Crippen molar-refractivity contribution in [2.45, 2.75) is 51.8 Å². The third-order valence-electron chi connectivity index (χ3n) is 3.02. The van der Waals surface area contributed by atoms with Crippen molar-refractivity contribution in [2.75, 3.05) is 6.54 Å². The SMILES string of the molecule is CC(C)(C)OC(=O)NC(CNCc1nccs1)C1CC1. The van der Waals surface area contributed by atoms with E-state index in [4.69, 9.17) is 4.74 Å². The largest absolute Gasteiger partial charge is 0.444 e. The second-order valence-electron chi connectivity index (χ2n) is 6.15. The smallest absolute Gasteiger partial charge is 0.407 e. The van der Waals surface area contributed by atoms with Crippen LogP contribution in [0.15, 0.2) is 11.6 Å². The number of rotatable bonds is 6. The molecule has 0 aromatic carbocycles. The number of nitrogens with one attached hydrogen (secondary N) is 2. The third-order valence-corrected chi connectivity index (χ3v) is 3.80. The zero-order chi connectivity index (χ0) is 14.6. The fourth-order valence-corrected chi connectivity index (χ4v) is 2.55. The molecule has 0 bridgehead atoms. The maximum Gasteiger partial charge on any atom is 0.407 e. The van der Waals surface area contributed by atoms with Crippen LogP contribution in [0.25, 0.3) is 0 Å². The number of carbonyl (C=O) groups is 1. The number of hydrogen-bond donors (Lipinski definition) is 2. The normalized spacial score (nSPS) is 16.8. The molecular weight excluding hydrogens is 274 g/mol. The van der Waals surface area contributed by atoms with E-state index in [0.717, 1.165) is 18.1 Å². The van der Waals surface area contributed by atoms with Gasteiger partial charge in [-0.3, -0.25) is 0 Å². The average molecular weight is 297 g/mol. The van der Waals surface area contributed by atoms with Gasteiger partial charge in [0.15, 0.2) is 0 Å². The van der Waals surface area contributed by atoms with Crippen molar-refractivity contribution in [1.29, 1.82) is 0 Å². The van der Waals surface area contributed by atoms with Gasteiger partial charge in [-0.2, -0.15) is 0 Å². The summed E-state index contributed by atoms with van der Waals surface area (Å²) in [6, 6.07) is 0.143. The fourth-order valence-electron chi connectivity index (χ4n) is 1.97. The number of ether oxygens (including phenoxy) is 1. The number of nitrogens with zero attached hydrogens (tertiary/aromatic N) is 1. The quantitative estimate of drug-likeness (QED) is 0.847. The summed E-state index contributed by atoms with van der Waals surface area (Å²) in [7, 11) is 0. The van der Waals surface area contributed by atoms with Crippen LogP contribution in [0.2, 0.25) is 0 Å². The summed E-state index contributed by atoms with van der Waals surface area (Å²) >= 11 is 1.63. The van der Waals surface area contributed by atoms with Crippen molar-refractivity contribution < 1.29 is 9.53 Å². The number of amides is 1. The molecule has 1 atom stereocenters. The number of aromatic nitrogens is 1. The van der Waals surface area contributed by atoms with Crippen LogP contribution in [0.4, 0.5) is 4.79 Å². The molecule has 1 aromatic heterocycles. The van der Waals surface area contributed by atoms with E-state index < -0.39 is 5.60 Å². The second-order valence-corrected chi connectivity index (χ2v) is 7.13. The first-order chi connectivity index (χ1) is 9.44. The van der Waals surface area contributed by atoms with Crippen molar-refractivity contribution in [2.24, 2.45) is 5.92 Å². The summed E-state index contributed by atoms with van der Waals surface area (Å²) in [6.45, 7) is 7.12. The molecule has 1 heterocycles. The molecule has 2 rings (SSSR count). The average Bonchev–Trinajstić information content (AvgIpc) is 3.04. The molecule has 112 valence electrons. The second kappa shape index (κ2) is 6.54. The molecule has 1 saturated carbocycles. The Hall–Kier alpha value is -1.14. The molecule has 0 aliphatic heterocycles. The van der Waals surface area contributed by atoms with E-state index in [9.17, 15) is 4.79 Å². The first-order valence-corrected chi connectivity index (χ1v) is 7.90. The lowest BCUT2D eigenvalue weighted by atomic mass is 10.2. The number of carbonyl (C=O) groups excluding carboxylic acids is 1. The van der Waals surface area contributed by atoms with E-state index in [-0.39, 0.29) is 12.1 Å². The predicted molar refractivity (Wildman–Crippen MR) is 79.7 cm³/mol. The Bertz CT molecular complexity index is 424. The molecule has 1 fully saturated rings. The molecular formula is C14H23N3O2S. The van der Waals surface area contributed by atoms with Crippen LogP contribution in [0.3, 0.4) is 0 Å². The van der Waals surface area contributed by atoms with E-state index in [1.807, 2.05) is 26.2 Å². The van der Waals surface area contributed by atoms with Crippen molar-refractivity contribution in [3.8, 4) is 0 Å². The highest BCUT2D eigenvalue weighted by Gasteiger charge is 2.33. The van der Waals surface area contributed by atoms with Crippen molar-refractivity contribution >= 4 is 17.4 Å². The maximum absolute atomic E-state index is 11.8. The molecule has 1 aliphatic carbocycles. The topological polar surface area (TPSA) is 63.2 Å². The van der Waals surface area contributed by atoms with Gasteiger partial charge in [0.25, 0.3) is 0 Å². The predicted octanol–water partition coefficient (Wildman–Crippen LogP) is 2.54. The molecule has 1 unspecified atom stereocenters. The molecule has 0 saturated heterocycles. The fraction of sp³-hybridized carbons (Fsp3) is 0.714. The van der Waals surface area contributed by atoms with E-state index in [1.54, 1.807) is 17.5 Å². The summed E-state index contributed by atoms with van der Waals surface area (Å²) in [5.74, 6) is 0.575. The number of hydrogen-bond acceptors (Lipinski definition) is 5. The lowest BCUT2D eigenvalue weighted by Crippen LogP contribution is -2.45. The minimum Gasteiger partial charge on any atom is -0.444 e. The molecule has 0 spiro atoms. The van der Waals surface area contributed by atoms with Gasteiger partial charge in [-0.25, -0.2) is 9.78 Å². The minimum absolute atomic E-state index is 0.143. The standard InChI is InChI=1S/C14H23N3O2S/c1-14(2,3)19-13(18)17-11(10-4-5-10)8-15-9-12-16-6-7-20-12/h6-7,10-11,15H,4-5,8-9H2,1-3H3,(H,17,18). The lowest BCUT2D eigenvalue weighted by molar-refractivity contribution is 0.0497. The van der Waals surface area contributed by atoms with Crippen molar-refractivity contribution in [3.63, 3.8) is 0 Å². The summed E-state index contributed by atoms with van der Waals surface area (Å²) in [6.07, 6.45) is 3.84. The molecule has 2 N–H and O–H groups in total. The van der Waals surface area contributed by atoms with Crippen LogP contribution in [-0.4, -0.2) is 29.3 Å². The van der Waals surface area contributed by atoms with E-state index >= 15 is 0 Å². The first-order valence-electron chi connectivity index (χ1n) is 7.02. The van der Waals surface area contributed by atoms with E-state index in [0.29, 0.717) is 5.92 Å².